The summed E-state index contributed by atoms with van der Waals surface area (Å²) in [5, 5.41) is 4.78. The van der Waals surface area contributed by atoms with Crippen LogP contribution in [-0.2, 0) is 12.8 Å². The number of methoxy groups -OCH3 is 1. The van der Waals surface area contributed by atoms with E-state index in [4.69, 9.17) is 9.72 Å². The zero-order chi connectivity index (χ0) is 13.2. The number of anilines is 1. The zero-order valence-electron chi connectivity index (χ0n) is 11.6. The van der Waals surface area contributed by atoms with Gasteiger partial charge in [-0.2, -0.15) is 0 Å². The molecule has 0 spiro atoms. The number of fused-ring (bicyclic) bond motifs is 2. The molecule has 0 saturated heterocycles. The molecule has 3 rings (SSSR count). The van der Waals surface area contributed by atoms with Crippen LogP contribution >= 0.6 is 0 Å². The molecule has 0 radical (unpaired) electrons. The Bertz CT molecular complexity index is 607. The molecule has 1 aromatic heterocycles. The Morgan fingerprint density at radius 1 is 1.32 bits per heavy atom. The number of aromatic nitrogens is 1. The van der Waals surface area contributed by atoms with Gasteiger partial charge in [-0.3, -0.25) is 4.98 Å². The molecular formula is C16H20N2O. The molecule has 0 unspecified atom stereocenters. The van der Waals surface area contributed by atoms with Crippen molar-refractivity contribution in [2.24, 2.45) is 0 Å². The van der Waals surface area contributed by atoms with Crippen molar-refractivity contribution in [2.75, 3.05) is 19.0 Å². The van der Waals surface area contributed by atoms with Crippen LogP contribution in [0.2, 0.25) is 0 Å². The van der Waals surface area contributed by atoms with E-state index in [9.17, 15) is 0 Å². The van der Waals surface area contributed by atoms with Crippen LogP contribution in [0.15, 0.2) is 18.2 Å². The van der Waals surface area contributed by atoms with E-state index in [2.05, 4.69) is 24.4 Å². The minimum Gasteiger partial charge on any atom is -0.497 e. The lowest BCUT2D eigenvalue weighted by atomic mass is 10.1. The first-order valence-corrected chi connectivity index (χ1v) is 7.07. The molecule has 1 heterocycles. The van der Waals surface area contributed by atoms with Crippen molar-refractivity contribution in [1.82, 2.24) is 4.98 Å². The predicted molar refractivity (Wildman–Crippen MR) is 79.1 cm³/mol. The Hall–Kier alpha value is -1.77. The molecule has 0 bridgehead atoms. The van der Waals surface area contributed by atoms with Crippen molar-refractivity contribution < 1.29 is 4.74 Å². The van der Waals surface area contributed by atoms with E-state index in [0.717, 1.165) is 37.1 Å². The van der Waals surface area contributed by atoms with Gasteiger partial charge in [0.1, 0.15) is 5.75 Å². The van der Waals surface area contributed by atoms with Crippen LogP contribution in [0.25, 0.3) is 10.9 Å². The highest BCUT2D eigenvalue weighted by Gasteiger charge is 2.19. The Morgan fingerprint density at radius 3 is 3.00 bits per heavy atom. The number of benzene rings is 1. The standard InChI is InChI=1S/C16H20N2O/c1-3-9-17-16-12-5-4-6-14(12)18-15-8-7-11(19-2)10-13(15)16/h7-8,10H,3-6,9H2,1-2H3,(H,17,18). The summed E-state index contributed by atoms with van der Waals surface area (Å²) < 4.78 is 5.35. The van der Waals surface area contributed by atoms with E-state index in [0.29, 0.717) is 0 Å². The molecule has 3 heteroatoms. The minimum atomic E-state index is 0.895. The number of rotatable bonds is 4. The summed E-state index contributed by atoms with van der Waals surface area (Å²) in [6.45, 7) is 3.19. The molecule has 0 aliphatic heterocycles. The van der Waals surface area contributed by atoms with Crippen LogP contribution in [0.1, 0.15) is 31.0 Å². The summed E-state index contributed by atoms with van der Waals surface area (Å²) in [7, 11) is 1.71. The van der Waals surface area contributed by atoms with Gasteiger partial charge in [0.25, 0.3) is 0 Å². The smallest absolute Gasteiger partial charge is 0.119 e. The second kappa shape index (κ2) is 5.08. The van der Waals surface area contributed by atoms with E-state index in [1.54, 1.807) is 7.11 Å². The lowest BCUT2D eigenvalue weighted by molar-refractivity contribution is 0.415. The van der Waals surface area contributed by atoms with Gasteiger partial charge in [0.2, 0.25) is 0 Å². The zero-order valence-corrected chi connectivity index (χ0v) is 11.6. The van der Waals surface area contributed by atoms with E-state index in [-0.39, 0.29) is 0 Å². The normalized spacial score (nSPS) is 13.6. The average molecular weight is 256 g/mol. The molecule has 0 fully saturated rings. The van der Waals surface area contributed by atoms with Crippen molar-refractivity contribution in [2.45, 2.75) is 32.6 Å². The molecule has 2 aromatic rings. The van der Waals surface area contributed by atoms with Crippen molar-refractivity contribution in [1.29, 1.82) is 0 Å². The topological polar surface area (TPSA) is 34.2 Å². The number of ether oxygens (including phenoxy) is 1. The highest BCUT2D eigenvalue weighted by atomic mass is 16.5. The molecule has 0 saturated carbocycles. The highest BCUT2D eigenvalue weighted by molar-refractivity contribution is 5.94. The highest BCUT2D eigenvalue weighted by Crippen LogP contribution is 2.35. The number of hydrogen-bond acceptors (Lipinski definition) is 3. The Kier molecular flexibility index (Phi) is 3.28. The summed E-state index contributed by atoms with van der Waals surface area (Å²) in [6.07, 6.45) is 4.60. The summed E-state index contributed by atoms with van der Waals surface area (Å²) >= 11 is 0. The van der Waals surface area contributed by atoms with Gasteiger partial charge < -0.3 is 10.1 Å². The van der Waals surface area contributed by atoms with Crippen molar-refractivity contribution in [3.05, 3.63) is 29.5 Å². The maximum Gasteiger partial charge on any atom is 0.119 e. The van der Waals surface area contributed by atoms with E-state index >= 15 is 0 Å². The minimum absolute atomic E-state index is 0.895. The van der Waals surface area contributed by atoms with Gasteiger partial charge in [0.05, 0.1) is 12.6 Å². The molecule has 1 aliphatic carbocycles. The molecule has 0 amide bonds. The third kappa shape index (κ3) is 2.14. The first kappa shape index (κ1) is 12.3. The Labute approximate surface area is 114 Å². The van der Waals surface area contributed by atoms with Gasteiger partial charge in [0.15, 0.2) is 0 Å². The number of nitrogens with one attached hydrogen (secondary N) is 1. The first-order chi connectivity index (χ1) is 9.33. The summed E-state index contributed by atoms with van der Waals surface area (Å²) in [5.74, 6) is 0.895. The molecular weight excluding hydrogens is 236 g/mol. The third-order valence-electron chi connectivity index (χ3n) is 3.77. The predicted octanol–water partition coefficient (Wildman–Crippen LogP) is 3.55. The van der Waals surface area contributed by atoms with E-state index in [1.807, 2.05) is 6.07 Å². The molecule has 1 N–H and O–H groups in total. The fourth-order valence-electron chi connectivity index (χ4n) is 2.82. The maximum absolute atomic E-state index is 5.35. The van der Waals surface area contributed by atoms with Gasteiger partial charge in [-0.1, -0.05) is 6.92 Å². The second-order valence-corrected chi connectivity index (χ2v) is 5.08. The van der Waals surface area contributed by atoms with Crippen LogP contribution in [0.3, 0.4) is 0 Å². The molecule has 1 aliphatic rings. The van der Waals surface area contributed by atoms with E-state index in [1.165, 1.54) is 28.8 Å². The van der Waals surface area contributed by atoms with Crippen LogP contribution in [0, 0.1) is 0 Å². The van der Waals surface area contributed by atoms with Crippen LogP contribution in [0.5, 0.6) is 5.75 Å². The van der Waals surface area contributed by atoms with Gasteiger partial charge in [-0.25, -0.2) is 0 Å². The van der Waals surface area contributed by atoms with E-state index < -0.39 is 0 Å². The third-order valence-corrected chi connectivity index (χ3v) is 3.77. The SMILES string of the molecule is CCCNc1c2c(nc3ccc(OC)cc13)CCC2. The molecule has 100 valence electrons. The lowest BCUT2D eigenvalue weighted by Crippen LogP contribution is -2.05. The van der Waals surface area contributed by atoms with Crippen LogP contribution < -0.4 is 10.1 Å². The maximum atomic E-state index is 5.35. The van der Waals surface area contributed by atoms with Crippen LogP contribution in [-0.4, -0.2) is 18.6 Å². The van der Waals surface area contributed by atoms with Gasteiger partial charge in [-0.05, 0) is 49.4 Å². The molecule has 3 nitrogen and oxygen atoms in total. The van der Waals surface area contributed by atoms with Gasteiger partial charge >= 0.3 is 0 Å². The molecule has 1 aromatic carbocycles. The second-order valence-electron chi connectivity index (χ2n) is 5.08. The number of pyridine rings is 1. The summed E-state index contributed by atoms with van der Waals surface area (Å²) in [4.78, 5) is 4.80. The number of nitrogens with zero attached hydrogens (tertiary/aromatic N) is 1. The van der Waals surface area contributed by atoms with Crippen LogP contribution in [0.4, 0.5) is 5.69 Å². The average Bonchev–Trinajstić information content (AvgIpc) is 2.91. The van der Waals surface area contributed by atoms with Crippen molar-refractivity contribution >= 4 is 16.6 Å². The Balaban J connectivity index is 2.20. The summed E-state index contributed by atoms with van der Waals surface area (Å²) in [5.41, 5.74) is 5.03. The number of hydrogen-bond donors (Lipinski definition) is 1. The molecule has 0 atom stereocenters. The fourth-order valence-corrected chi connectivity index (χ4v) is 2.82. The largest absolute Gasteiger partial charge is 0.497 e. The fraction of sp³-hybridized carbons (Fsp3) is 0.438. The monoisotopic (exact) mass is 256 g/mol. The Morgan fingerprint density at radius 2 is 2.21 bits per heavy atom. The van der Waals surface area contributed by atoms with Crippen molar-refractivity contribution in [3.63, 3.8) is 0 Å². The summed E-state index contributed by atoms with van der Waals surface area (Å²) in [6, 6.07) is 6.14. The van der Waals surface area contributed by atoms with Gasteiger partial charge in [-0.15, -0.1) is 0 Å². The number of aryl methyl sites for hydroxylation is 1. The lowest BCUT2D eigenvalue weighted by Gasteiger charge is -2.14. The van der Waals surface area contributed by atoms with Gasteiger partial charge in [0, 0.05) is 23.3 Å². The quantitative estimate of drug-likeness (QED) is 0.908. The first-order valence-electron chi connectivity index (χ1n) is 7.07. The molecule has 19 heavy (non-hydrogen) atoms. The van der Waals surface area contributed by atoms with Crippen molar-refractivity contribution in [3.8, 4) is 5.75 Å².